The minimum Gasteiger partial charge on any atom is -0.352 e. The summed E-state index contributed by atoms with van der Waals surface area (Å²) >= 11 is 0. The number of rotatable bonds is 7. The smallest absolute Gasteiger partial charge is 0.234 e. The van der Waals surface area contributed by atoms with E-state index in [0.29, 0.717) is 18.0 Å². The van der Waals surface area contributed by atoms with Crippen LogP contribution < -0.4 is 11.1 Å². The van der Waals surface area contributed by atoms with Crippen LogP contribution in [0.2, 0.25) is 0 Å². The van der Waals surface area contributed by atoms with Crippen LogP contribution in [0.25, 0.3) is 0 Å². The van der Waals surface area contributed by atoms with E-state index in [2.05, 4.69) is 10.2 Å². The Kier molecular flexibility index (Phi) is 3.50. The molecular weight excluding hydrogens is 202 g/mol. The zero-order valence-corrected chi connectivity index (χ0v) is 10.2. The van der Waals surface area contributed by atoms with Crippen LogP contribution in [0, 0.1) is 5.41 Å². The topological polar surface area (TPSA) is 58.4 Å². The average molecular weight is 225 g/mol. The van der Waals surface area contributed by atoms with Gasteiger partial charge in [0.15, 0.2) is 0 Å². The summed E-state index contributed by atoms with van der Waals surface area (Å²) < 4.78 is 0. The van der Waals surface area contributed by atoms with Gasteiger partial charge in [0, 0.05) is 12.6 Å². The molecule has 2 saturated carbocycles. The van der Waals surface area contributed by atoms with E-state index in [4.69, 9.17) is 5.73 Å². The van der Waals surface area contributed by atoms with Crippen molar-refractivity contribution in [3.63, 3.8) is 0 Å². The molecule has 0 aromatic rings. The molecule has 0 bridgehead atoms. The molecule has 0 saturated heterocycles. The number of hydrogen-bond donors (Lipinski definition) is 2. The van der Waals surface area contributed by atoms with Gasteiger partial charge in [-0.15, -0.1) is 0 Å². The molecule has 0 atom stereocenters. The van der Waals surface area contributed by atoms with Crippen molar-refractivity contribution >= 4 is 5.91 Å². The first-order chi connectivity index (χ1) is 7.63. The third-order valence-electron chi connectivity index (χ3n) is 3.59. The molecule has 0 heterocycles. The Bertz CT molecular complexity index is 259. The first-order valence-electron chi connectivity index (χ1n) is 6.31. The number of nitrogens with zero attached hydrogens (tertiary/aromatic N) is 1. The van der Waals surface area contributed by atoms with E-state index in [1.54, 1.807) is 0 Å². The fourth-order valence-electron chi connectivity index (χ4n) is 2.34. The normalized spacial score (nSPS) is 22.2. The highest BCUT2D eigenvalue weighted by Crippen LogP contribution is 2.48. The number of nitrogens with one attached hydrogen (secondary N) is 1. The van der Waals surface area contributed by atoms with Crippen molar-refractivity contribution in [2.24, 2.45) is 11.1 Å². The third-order valence-corrected chi connectivity index (χ3v) is 3.59. The van der Waals surface area contributed by atoms with Crippen molar-refractivity contribution in [3.05, 3.63) is 0 Å². The van der Waals surface area contributed by atoms with E-state index >= 15 is 0 Å². The molecule has 3 N–H and O–H groups in total. The van der Waals surface area contributed by atoms with E-state index in [-0.39, 0.29) is 5.91 Å². The molecule has 0 aromatic carbocycles. The average Bonchev–Trinajstić information content (AvgIpc) is 3.05. The third kappa shape index (κ3) is 3.46. The van der Waals surface area contributed by atoms with Crippen LogP contribution in [0.4, 0.5) is 0 Å². The molecule has 0 radical (unpaired) electrons. The number of carbonyl (C=O) groups is 1. The van der Waals surface area contributed by atoms with Gasteiger partial charge in [0.25, 0.3) is 0 Å². The van der Waals surface area contributed by atoms with Gasteiger partial charge < -0.3 is 11.1 Å². The fourth-order valence-corrected chi connectivity index (χ4v) is 2.34. The van der Waals surface area contributed by atoms with E-state index in [9.17, 15) is 4.79 Å². The maximum atomic E-state index is 11.6. The lowest BCUT2D eigenvalue weighted by Crippen LogP contribution is -2.38. The van der Waals surface area contributed by atoms with Gasteiger partial charge in [-0.3, -0.25) is 9.69 Å². The standard InChI is InChI=1S/C12H23N3O/c1-15(8-11(16)14-10-2-3-10)9-12(4-5-12)6-7-13/h10H,2-9,13H2,1H3,(H,14,16). The molecule has 1 amide bonds. The summed E-state index contributed by atoms with van der Waals surface area (Å²) in [6.45, 7) is 2.31. The monoisotopic (exact) mass is 225 g/mol. The second kappa shape index (κ2) is 4.72. The first-order valence-corrected chi connectivity index (χ1v) is 6.31. The van der Waals surface area contributed by atoms with E-state index < -0.39 is 0 Å². The fraction of sp³-hybridized carbons (Fsp3) is 0.917. The van der Waals surface area contributed by atoms with Crippen LogP contribution in [0.1, 0.15) is 32.1 Å². The largest absolute Gasteiger partial charge is 0.352 e. The Morgan fingerprint density at radius 1 is 1.50 bits per heavy atom. The van der Waals surface area contributed by atoms with Gasteiger partial charge in [0.05, 0.1) is 6.54 Å². The van der Waals surface area contributed by atoms with Crippen LogP contribution >= 0.6 is 0 Å². The highest BCUT2D eigenvalue weighted by molar-refractivity contribution is 5.78. The molecule has 2 aliphatic rings. The molecular formula is C12H23N3O. The van der Waals surface area contributed by atoms with Gasteiger partial charge >= 0.3 is 0 Å². The Hall–Kier alpha value is -0.610. The van der Waals surface area contributed by atoms with Gasteiger partial charge in [-0.2, -0.15) is 0 Å². The Labute approximate surface area is 97.6 Å². The second-order valence-corrected chi connectivity index (χ2v) is 5.55. The molecule has 92 valence electrons. The van der Waals surface area contributed by atoms with Gasteiger partial charge in [0.1, 0.15) is 0 Å². The van der Waals surface area contributed by atoms with Gasteiger partial charge in [-0.25, -0.2) is 0 Å². The van der Waals surface area contributed by atoms with Crippen LogP contribution in [0.15, 0.2) is 0 Å². The summed E-state index contributed by atoms with van der Waals surface area (Å²) in [7, 11) is 2.03. The van der Waals surface area contributed by atoms with E-state index in [1.165, 1.54) is 12.8 Å². The molecule has 4 heteroatoms. The highest BCUT2D eigenvalue weighted by Gasteiger charge is 2.42. The molecule has 0 unspecified atom stereocenters. The lowest BCUT2D eigenvalue weighted by atomic mass is 10.0. The van der Waals surface area contributed by atoms with Crippen LogP contribution in [-0.2, 0) is 4.79 Å². The summed E-state index contributed by atoms with van der Waals surface area (Å²) in [5.41, 5.74) is 6.04. The minimum atomic E-state index is 0.175. The molecule has 16 heavy (non-hydrogen) atoms. The number of amides is 1. The quantitative estimate of drug-likeness (QED) is 0.656. The molecule has 2 aliphatic carbocycles. The summed E-state index contributed by atoms with van der Waals surface area (Å²) in [6.07, 6.45) is 5.97. The predicted octanol–water partition coefficient (Wildman–Crippen LogP) is 0.326. The lowest BCUT2D eigenvalue weighted by Gasteiger charge is -2.22. The van der Waals surface area contributed by atoms with Crippen molar-refractivity contribution in [3.8, 4) is 0 Å². The maximum Gasteiger partial charge on any atom is 0.234 e. The zero-order valence-electron chi connectivity index (χ0n) is 10.2. The van der Waals surface area contributed by atoms with Crippen molar-refractivity contribution in [1.82, 2.24) is 10.2 Å². The van der Waals surface area contributed by atoms with Gasteiger partial charge in [-0.05, 0) is 51.1 Å². The lowest BCUT2D eigenvalue weighted by molar-refractivity contribution is -0.122. The molecule has 0 aromatic heterocycles. The van der Waals surface area contributed by atoms with Crippen molar-refractivity contribution in [2.75, 3.05) is 26.7 Å². The Morgan fingerprint density at radius 2 is 2.19 bits per heavy atom. The Morgan fingerprint density at radius 3 is 2.69 bits per heavy atom. The molecule has 2 rings (SSSR count). The van der Waals surface area contributed by atoms with Crippen LogP contribution in [-0.4, -0.2) is 43.5 Å². The van der Waals surface area contributed by atoms with Crippen molar-refractivity contribution in [1.29, 1.82) is 0 Å². The summed E-state index contributed by atoms with van der Waals surface area (Å²) in [4.78, 5) is 13.7. The van der Waals surface area contributed by atoms with Crippen LogP contribution in [0.3, 0.4) is 0 Å². The molecule has 4 nitrogen and oxygen atoms in total. The van der Waals surface area contributed by atoms with Gasteiger partial charge in [0.2, 0.25) is 5.91 Å². The van der Waals surface area contributed by atoms with Gasteiger partial charge in [-0.1, -0.05) is 0 Å². The first kappa shape index (κ1) is 11.9. The minimum absolute atomic E-state index is 0.175. The number of nitrogens with two attached hydrogens (primary N) is 1. The molecule has 0 aliphatic heterocycles. The van der Waals surface area contributed by atoms with E-state index in [0.717, 1.165) is 32.4 Å². The number of likely N-dealkylation sites (N-methyl/N-ethyl adjacent to an activating group) is 1. The Balaban J connectivity index is 1.66. The zero-order chi connectivity index (χ0) is 11.6. The van der Waals surface area contributed by atoms with Crippen molar-refractivity contribution in [2.45, 2.75) is 38.1 Å². The second-order valence-electron chi connectivity index (χ2n) is 5.55. The summed E-state index contributed by atoms with van der Waals surface area (Å²) in [6, 6.07) is 0.472. The number of carbonyl (C=O) groups excluding carboxylic acids is 1. The summed E-state index contributed by atoms with van der Waals surface area (Å²) in [5.74, 6) is 0.175. The van der Waals surface area contributed by atoms with Crippen molar-refractivity contribution < 1.29 is 4.79 Å². The molecule has 0 spiro atoms. The summed E-state index contributed by atoms with van der Waals surface area (Å²) in [5, 5.41) is 3.02. The van der Waals surface area contributed by atoms with Crippen LogP contribution in [0.5, 0.6) is 0 Å². The SMILES string of the molecule is CN(CC(=O)NC1CC1)CC1(CCN)CC1. The molecule has 2 fully saturated rings. The van der Waals surface area contributed by atoms with E-state index in [1.807, 2.05) is 7.05 Å². The number of hydrogen-bond acceptors (Lipinski definition) is 3. The highest BCUT2D eigenvalue weighted by atomic mass is 16.2. The maximum absolute atomic E-state index is 11.6. The predicted molar refractivity (Wildman–Crippen MR) is 64.0 cm³/mol.